The number of carbonyl (C=O) groups excluding carboxylic acids is 3. The quantitative estimate of drug-likeness (QED) is 0.177. The molecule has 4 heterocycles. The molecular formula is C34H39N3O3SSi. The summed E-state index contributed by atoms with van der Waals surface area (Å²) >= 11 is 1.59. The first-order valence-corrected chi connectivity index (χ1v) is 18.3. The fraction of sp³-hybridized carbons (Fsp3) is 0.382. The molecule has 3 aliphatic heterocycles. The topological polar surface area (TPSA) is 60.9 Å². The SMILES string of the molecule is CC1(C)c2cc(C=C3C(=O)N(C(C)(C)C)C(=O)N(C(C)(C)C)C3=O)sc2N2c3ccccc3[Si](C)(C)c3cccc1c32. The molecule has 8 heteroatoms. The minimum absolute atomic E-state index is 0.0154. The minimum atomic E-state index is -1.96. The van der Waals surface area contributed by atoms with Crippen molar-refractivity contribution in [2.45, 2.75) is 85.0 Å². The number of anilines is 3. The van der Waals surface area contributed by atoms with E-state index < -0.39 is 37.0 Å². The van der Waals surface area contributed by atoms with Crippen LogP contribution in [0.2, 0.25) is 13.1 Å². The fourth-order valence-corrected chi connectivity index (χ4v) is 11.0. The molecule has 2 aromatic carbocycles. The minimum Gasteiger partial charge on any atom is -0.302 e. The largest absolute Gasteiger partial charge is 0.334 e. The van der Waals surface area contributed by atoms with Crippen molar-refractivity contribution in [3.05, 3.63) is 70.1 Å². The van der Waals surface area contributed by atoms with E-state index in [9.17, 15) is 14.4 Å². The highest BCUT2D eigenvalue weighted by Crippen LogP contribution is 2.56. The van der Waals surface area contributed by atoms with Crippen molar-refractivity contribution in [2.24, 2.45) is 0 Å². The molecule has 0 atom stereocenters. The van der Waals surface area contributed by atoms with Gasteiger partial charge in [-0.2, -0.15) is 0 Å². The Bertz CT molecular complexity index is 1700. The van der Waals surface area contributed by atoms with E-state index in [0.717, 1.165) is 15.4 Å². The van der Waals surface area contributed by atoms with Crippen molar-refractivity contribution >= 4 is 70.1 Å². The van der Waals surface area contributed by atoms with Crippen molar-refractivity contribution in [3.8, 4) is 0 Å². The number of hydrogen-bond donors (Lipinski definition) is 0. The van der Waals surface area contributed by atoms with E-state index in [1.807, 2.05) is 41.5 Å². The van der Waals surface area contributed by atoms with E-state index in [2.05, 4.69) is 80.4 Å². The highest BCUT2D eigenvalue weighted by molar-refractivity contribution is 7.17. The lowest BCUT2D eigenvalue weighted by Gasteiger charge is -2.47. The number of hydrogen-bond acceptors (Lipinski definition) is 5. The molecule has 0 aliphatic carbocycles. The molecule has 1 fully saturated rings. The maximum Gasteiger partial charge on any atom is 0.334 e. The fourth-order valence-electron chi connectivity index (χ4n) is 6.75. The highest BCUT2D eigenvalue weighted by Gasteiger charge is 2.51. The molecule has 6 rings (SSSR count). The first-order chi connectivity index (χ1) is 19.4. The van der Waals surface area contributed by atoms with Gasteiger partial charge in [-0.05, 0) is 81.3 Å². The third kappa shape index (κ3) is 3.84. The molecule has 3 aliphatic rings. The van der Waals surface area contributed by atoms with E-state index in [1.54, 1.807) is 17.4 Å². The summed E-state index contributed by atoms with van der Waals surface area (Å²) in [5.74, 6) is -1.10. The number of urea groups is 1. The molecule has 0 N–H and O–H groups in total. The van der Waals surface area contributed by atoms with Crippen LogP contribution in [0.4, 0.5) is 21.2 Å². The number of amides is 4. The van der Waals surface area contributed by atoms with Crippen LogP contribution in [0.15, 0.2) is 54.1 Å². The van der Waals surface area contributed by atoms with E-state index in [-0.39, 0.29) is 11.0 Å². The Morgan fingerprint density at radius 3 is 1.95 bits per heavy atom. The second-order valence-electron chi connectivity index (χ2n) is 14.6. The average Bonchev–Trinajstić information content (AvgIpc) is 3.29. The molecule has 6 nitrogen and oxygen atoms in total. The Balaban J connectivity index is 1.57. The Hall–Kier alpha value is -3.49. The van der Waals surface area contributed by atoms with Gasteiger partial charge >= 0.3 is 6.03 Å². The molecule has 0 unspecified atom stereocenters. The molecule has 218 valence electrons. The number of rotatable bonds is 1. The van der Waals surface area contributed by atoms with Crippen LogP contribution in [-0.4, -0.2) is 46.8 Å². The number of barbiturate groups is 1. The molecule has 0 radical (unpaired) electrons. The summed E-state index contributed by atoms with van der Waals surface area (Å²) < 4.78 is 0. The van der Waals surface area contributed by atoms with Crippen LogP contribution in [0.5, 0.6) is 0 Å². The number of imide groups is 2. The summed E-state index contributed by atoms with van der Waals surface area (Å²) in [5, 5.41) is 3.92. The average molecular weight is 598 g/mol. The predicted molar refractivity (Wildman–Crippen MR) is 174 cm³/mol. The monoisotopic (exact) mass is 597 g/mol. The second-order valence-corrected chi connectivity index (χ2v) is 20.0. The molecule has 0 bridgehead atoms. The number of fused-ring (bicyclic) bond motifs is 4. The molecule has 1 aromatic heterocycles. The van der Waals surface area contributed by atoms with Gasteiger partial charge in [0.2, 0.25) is 0 Å². The van der Waals surface area contributed by atoms with Crippen LogP contribution in [0.1, 0.15) is 71.4 Å². The zero-order valence-electron chi connectivity index (χ0n) is 26.2. The van der Waals surface area contributed by atoms with Crippen molar-refractivity contribution in [3.63, 3.8) is 0 Å². The summed E-state index contributed by atoms with van der Waals surface area (Å²) in [6.07, 6.45) is 1.70. The Kier molecular flexibility index (Phi) is 5.97. The van der Waals surface area contributed by atoms with Crippen molar-refractivity contribution < 1.29 is 14.4 Å². The standard InChI is InChI=1S/C34H39N3O3SSi/c1-32(2,3)36-28(38)21(29(39)37(31(36)40)33(4,5)6)18-20-19-23-30(41-20)35-24-15-11-12-16-25(24)42(9,10)26-17-13-14-22(27(26)35)34(23,7)8/h11-19H,1-10H3. The van der Waals surface area contributed by atoms with Crippen LogP contribution in [-0.2, 0) is 15.0 Å². The van der Waals surface area contributed by atoms with E-state index >= 15 is 0 Å². The van der Waals surface area contributed by atoms with Crippen LogP contribution >= 0.6 is 11.3 Å². The first kappa shape index (κ1) is 28.6. The summed E-state index contributed by atoms with van der Waals surface area (Å²) in [6.45, 7) is 20.3. The number of benzene rings is 2. The molecule has 3 aromatic rings. The van der Waals surface area contributed by atoms with E-state index in [1.165, 1.54) is 37.1 Å². The predicted octanol–water partition coefficient (Wildman–Crippen LogP) is 6.76. The van der Waals surface area contributed by atoms with Crippen LogP contribution in [0.25, 0.3) is 6.08 Å². The van der Waals surface area contributed by atoms with Crippen LogP contribution in [0.3, 0.4) is 0 Å². The lowest BCUT2D eigenvalue weighted by Crippen LogP contribution is -2.65. The van der Waals surface area contributed by atoms with Gasteiger partial charge in [-0.25, -0.2) is 4.79 Å². The van der Waals surface area contributed by atoms with Crippen molar-refractivity contribution in [2.75, 3.05) is 4.90 Å². The Morgan fingerprint density at radius 1 is 0.786 bits per heavy atom. The summed E-state index contributed by atoms with van der Waals surface area (Å²) in [6, 6.07) is 17.0. The Labute approximate surface area is 253 Å². The van der Waals surface area contributed by atoms with Crippen LogP contribution < -0.4 is 15.3 Å². The van der Waals surface area contributed by atoms with Gasteiger partial charge in [-0.15, -0.1) is 11.3 Å². The molecule has 42 heavy (non-hydrogen) atoms. The maximum absolute atomic E-state index is 13.8. The van der Waals surface area contributed by atoms with Gasteiger partial charge in [0.1, 0.15) is 18.6 Å². The van der Waals surface area contributed by atoms with Crippen molar-refractivity contribution in [1.82, 2.24) is 9.80 Å². The van der Waals surface area contributed by atoms with Crippen molar-refractivity contribution in [1.29, 1.82) is 0 Å². The molecule has 0 saturated carbocycles. The van der Waals surface area contributed by atoms with Gasteiger partial charge in [0, 0.05) is 27.1 Å². The lowest BCUT2D eigenvalue weighted by atomic mass is 9.75. The third-order valence-corrected chi connectivity index (χ3v) is 13.5. The molecule has 0 spiro atoms. The second kappa shape index (κ2) is 8.77. The lowest BCUT2D eigenvalue weighted by molar-refractivity contribution is -0.141. The number of nitrogens with zero attached hydrogens (tertiary/aromatic N) is 3. The van der Waals surface area contributed by atoms with Gasteiger partial charge < -0.3 is 4.90 Å². The maximum atomic E-state index is 13.8. The third-order valence-electron chi connectivity index (χ3n) is 8.91. The van der Waals surface area contributed by atoms with Gasteiger partial charge in [-0.1, -0.05) is 63.3 Å². The summed E-state index contributed by atoms with van der Waals surface area (Å²) in [4.78, 5) is 46.8. The van der Waals surface area contributed by atoms with Gasteiger partial charge in [0.15, 0.2) is 0 Å². The summed E-state index contributed by atoms with van der Waals surface area (Å²) in [7, 11) is -1.96. The number of para-hydroxylation sites is 2. The van der Waals surface area contributed by atoms with Gasteiger partial charge in [0.05, 0.1) is 5.69 Å². The molecular weight excluding hydrogens is 559 g/mol. The smallest absolute Gasteiger partial charge is 0.302 e. The Morgan fingerprint density at radius 2 is 1.36 bits per heavy atom. The number of carbonyl (C=O) groups is 3. The first-order valence-electron chi connectivity index (χ1n) is 14.5. The van der Waals surface area contributed by atoms with Gasteiger partial charge in [0.25, 0.3) is 11.8 Å². The van der Waals surface area contributed by atoms with E-state index in [0.29, 0.717) is 0 Å². The molecule has 4 amide bonds. The highest BCUT2D eigenvalue weighted by atomic mass is 32.1. The summed E-state index contributed by atoms with van der Waals surface area (Å²) in [5.41, 5.74) is 3.08. The molecule has 1 saturated heterocycles. The number of thiophene rings is 1. The van der Waals surface area contributed by atoms with Gasteiger partial charge in [-0.3, -0.25) is 19.4 Å². The normalized spacial score (nSPS) is 19.0. The van der Waals surface area contributed by atoms with E-state index in [4.69, 9.17) is 0 Å². The zero-order valence-corrected chi connectivity index (χ0v) is 28.0. The van der Waals surface area contributed by atoms with Crippen LogP contribution in [0, 0.1) is 0 Å². The zero-order chi connectivity index (χ0) is 30.7.